The summed E-state index contributed by atoms with van der Waals surface area (Å²) in [6.07, 6.45) is 1.03. The number of hydrogen-bond donors (Lipinski definition) is 2. The lowest BCUT2D eigenvalue weighted by atomic mass is 10.1. The molecule has 2 aromatic rings. The molecule has 1 aliphatic rings. The van der Waals surface area contributed by atoms with Crippen LogP contribution >= 0.6 is 0 Å². The molecule has 1 saturated heterocycles. The van der Waals surface area contributed by atoms with Crippen LogP contribution in [0.2, 0.25) is 0 Å². The highest BCUT2D eigenvalue weighted by Crippen LogP contribution is 2.26. The molecule has 0 bridgehead atoms. The zero-order valence-electron chi connectivity index (χ0n) is 19.1. The van der Waals surface area contributed by atoms with Crippen LogP contribution in [-0.2, 0) is 37.1 Å². The van der Waals surface area contributed by atoms with Gasteiger partial charge in [-0.05, 0) is 56.9 Å². The Bertz CT molecular complexity index is 1190. The number of carbonyl (C=O) groups is 1. The summed E-state index contributed by atoms with van der Waals surface area (Å²) in [6, 6.07) is 12.6. The van der Waals surface area contributed by atoms with E-state index in [1.54, 1.807) is 62.4 Å². The molecule has 1 aliphatic heterocycles. The molecule has 0 unspecified atom stereocenters. The summed E-state index contributed by atoms with van der Waals surface area (Å²) in [6.45, 7) is 5.78. The number of nitrogens with one attached hydrogen (secondary N) is 2. The zero-order valence-corrected chi connectivity index (χ0v) is 20.7. The van der Waals surface area contributed by atoms with Crippen molar-refractivity contribution in [3.05, 3.63) is 65.2 Å². The Morgan fingerprint density at radius 3 is 2.30 bits per heavy atom. The van der Waals surface area contributed by atoms with Crippen molar-refractivity contribution in [1.82, 2.24) is 14.3 Å². The molecule has 2 aromatic carbocycles. The van der Waals surface area contributed by atoms with E-state index in [-0.39, 0.29) is 35.7 Å². The van der Waals surface area contributed by atoms with Gasteiger partial charge >= 0.3 is 0 Å². The molecule has 1 heterocycles. The molecule has 180 valence electrons. The van der Waals surface area contributed by atoms with Crippen molar-refractivity contribution in [3.8, 4) is 0 Å². The summed E-state index contributed by atoms with van der Waals surface area (Å²) in [4.78, 5) is 13.1. The molecule has 1 atom stereocenters. The number of amides is 1. The van der Waals surface area contributed by atoms with Crippen molar-refractivity contribution in [1.29, 1.82) is 0 Å². The highest BCUT2D eigenvalue weighted by atomic mass is 32.2. The fourth-order valence-corrected chi connectivity index (χ4v) is 7.06. The van der Waals surface area contributed by atoms with Gasteiger partial charge in [0.1, 0.15) is 6.04 Å². The summed E-state index contributed by atoms with van der Waals surface area (Å²) in [5.41, 5.74) is 2.21. The van der Waals surface area contributed by atoms with E-state index in [0.717, 1.165) is 5.56 Å². The number of sulfonamides is 2. The Balaban J connectivity index is 1.71. The van der Waals surface area contributed by atoms with Crippen LogP contribution in [0.1, 0.15) is 43.4 Å². The number of rotatable bonds is 9. The van der Waals surface area contributed by atoms with Gasteiger partial charge in [0, 0.05) is 19.1 Å². The fourth-order valence-electron chi connectivity index (χ4n) is 3.91. The molecular formula is C23H31N3O5S2. The van der Waals surface area contributed by atoms with Gasteiger partial charge in [-0.2, -0.15) is 4.31 Å². The first-order chi connectivity index (χ1) is 15.5. The van der Waals surface area contributed by atoms with Crippen molar-refractivity contribution in [2.24, 2.45) is 0 Å². The third-order valence-corrected chi connectivity index (χ3v) is 8.91. The van der Waals surface area contributed by atoms with E-state index in [1.807, 2.05) is 6.92 Å². The minimum atomic E-state index is -3.79. The summed E-state index contributed by atoms with van der Waals surface area (Å²) in [5.74, 6) is -0.588. The summed E-state index contributed by atoms with van der Waals surface area (Å²) < 4.78 is 54.7. The topological polar surface area (TPSA) is 113 Å². The molecular weight excluding hydrogens is 462 g/mol. The predicted octanol–water partition coefficient (Wildman–Crippen LogP) is 2.29. The van der Waals surface area contributed by atoms with Crippen LogP contribution in [-0.4, -0.2) is 45.7 Å². The lowest BCUT2D eigenvalue weighted by Crippen LogP contribution is -2.45. The largest absolute Gasteiger partial charge is 0.351 e. The van der Waals surface area contributed by atoms with Gasteiger partial charge in [-0.15, -0.1) is 0 Å². The van der Waals surface area contributed by atoms with Gasteiger partial charge in [0.25, 0.3) is 0 Å². The van der Waals surface area contributed by atoms with Gasteiger partial charge in [-0.25, -0.2) is 21.6 Å². The molecule has 1 amide bonds. The Kier molecular flexibility index (Phi) is 7.94. The quantitative estimate of drug-likeness (QED) is 0.557. The van der Waals surface area contributed by atoms with Crippen LogP contribution in [0, 0.1) is 6.92 Å². The standard InChI is InChI=1S/C23H31N3O5S2/c1-17(2)25-32(28,29)16-20-8-5-4-7-19(20)15-24-23(27)22-9-6-14-26(22)33(30,31)21-12-10-18(3)11-13-21/h4-5,7-8,10-13,17,22,25H,6,9,14-16H2,1-3H3,(H,24,27)/t22-/m0/s1. The normalized spacial score (nSPS) is 17.4. The predicted molar refractivity (Wildman–Crippen MR) is 127 cm³/mol. The van der Waals surface area contributed by atoms with E-state index in [0.29, 0.717) is 24.0 Å². The van der Waals surface area contributed by atoms with Crippen LogP contribution in [0.15, 0.2) is 53.4 Å². The molecule has 3 rings (SSSR count). The molecule has 1 fully saturated rings. The Hall–Kier alpha value is -2.27. The first-order valence-corrected chi connectivity index (χ1v) is 14.0. The summed E-state index contributed by atoms with van der Waals surface area (Å²) in [5, 5.41) is 2.81. The SMILES string of the molecule is Cc1ccc(S(=O)(=O)N2CCC[C@H]2C(=O)NCc2ccccc2CS(=O)(=O)NC(C)C)cc1. The van der Waals surface area contributed by atoms with Crippen molar-refractivity contribution < 1.29 is 21.6 Å². The second-order valence-corrected chi connectivity index (χ2v) is 12.2. The average Bonchev–Trinajstić information content (AvgIpc) is 3.23. The molecule has 8 nitrogen and oxygen atoms in total. The molecule has 0 spiro atoms. The third-order valence-electron chi connectivity index (χ3n) is 5.47. The van der Waals surface area contributed by atoms with Crippen LogP contribution in [0.25, 0.3) is 0 Å². The highest BCUT2D eigenvalue weighted by molar-refractivity contribution is 7.89. The maximum atomic E-state index is 13.1. The summed E-state index contributed by atoms with van der Waals surface area (Å²) >= 11 is 0. The lowest BCUT2D eigenvalue weighted by molar-refractivity contribution is -0.124. The molecule has 0 saturated carbocycles. The van der Waals surface area contributed by atoms with E-state index in [1.165, 1.54) is 4.31 Å². The summed E-state index contributed by atoms with van der Waals surface area (Å²) in [7, 11) is -7.31. The highest BCUT2D eigenvalue weighted by Gasteiger charge is 2.39. The van der Waals surface area contributed by atoms with E-state index < -0.39 is 26.1 Å². The minimum absolute atomic E-state index is 0.112. The second-order valence-electron chi connectivity index (χ2n) is 8.60. The molecule has 0 radical (unpaired) electrons. The first-order valence-electron chi connectivity index (χ1n) is 10.9. The van der Waals surface area contributed by atoms with E-state index in [9.17, 15) is 21.6 Å². The minimum Gasteiger partial charge on any atom is -0.351 e. The van der Waals surface area contributed by atoms with Gasteiger partial charge in [0.15, 0.2) is 0 Å². The van der Waals surface area contributed by atoms with E-state index in [4.69, 9.17) is 0 Å². The Labute approximate surface area is 196 Å². The monoisotopic (exact) mass is 493 g/mol. The zero-order chi connectivity index (χ0) is 24.2. The van der Waals surface area contributed by atoms with Crippen LogP contribution < -0.4 is 10.0 Å². The average molecular weight is 494 g/mol. The van der Waals surface area contributed by atoms with E-state index in [2.05, 4.69) is 10.0 Å². The fraction of sp³-hybridized carbons (Fsp3) is 0.435. The number of hydrogen-bond acceptors (Lipinski definition) is 5. The smallest absolute Gasteiger partial charge is 0.243 e. The number of aryl methyl sites for hydroxylation is 1. The Morgan fingerprint density at radius 1 is 1.03 bits per heavy atom. The third kappa shape index (κ3) is 6.41. The first kappa shape index (κ1) is 25.4. The molecule has 0 aromatic heterocycles. The van der Waals surface area contributed by atoms with Gasteiger partial charge in [0.2, 0.25) is 26.0 Å². The van der Waals surface area contributed by atoms with Crippen LogP contribution in [0.3, 0.4) is 0 Å². The number of carbonyl (C=O) groups excluding carboxylic acids is 1. The number of benzene rings is 2. The molecule has 0 aliphatic carbocycles. The number of nitrogens with zero attached hydrogens (tertiary/aromatic N) is 1. The molecule has 2 N–H and O–H groups in total. The lowest BCUT2D eigenvalue weighted by Gasteiger charge is -2.23. The van der Waals surface area contributed by atoms with E-state index >= 15 is 0 Å². The van der Waals surface area contributed by atoms with Crippen molar-refractivity contribution >= 4 is 26.0 Å². The maximum Gasteiger partial charge on any atom is 0.243 e. The van der Waals surface area contributed by atoms with Gasteiger partial charge < -0.3 is 5.32 Å². The van der Waals surface area contributed by atoms with Crippen LogP contribution in [0.5, 0.6) is 0 Å². The molecule has 10 heteroatoms. The van der Waals surface area contributed by atoms with Crippen molar-refractivity contribution in [2.45, 2.75) is 62.9 Å². The van der Waals surface area contributed by atoms with Crippen LogP contribution in [0.4, 0.5) is 0 Å². The second kappa shape index (κ2) is 10.3. The Morgan fingerprint density at radius 2 is 1.67 bits per heavy atom. The maximum absolute atomic E-state index is 13.1. The van der Waals surface area contributed by atoms with Gasteiger partial charge in [-0.3, -0.25) is 4.79 Å². The van der Waals surface area contributed by atoms with Crippen molar-refractivity contribution in [2.75, 3.05) is 6.54 Å². The molecule has 33 heavy (non-hydrogen) atoms. The van der Waals surface area contributed by atoms with Crippen molar-refractivity contribution in [3.63, 3.8) is 0 Å². The van der Waals surface area contributed by atoms with Gasteiger partial charge in [-0.1, -0.05) is 42.0 Å². The van der Waals surface area contributed by atoms with Gasteiger partial charge in [0.05, 0.1) is 10.6 Å².